The van der Waals surface area contributed by atoms with Crippen LogP contribution in [-0.2, 0) is 4.79 Å². The first-order chi connectivity index (χ1) is 5.96. The average molecular weight is 184 g/mol. The molecule has 0 spiro atoms. The predicted octanol–water partition coefficient (Wildman–Crippen LogP) is 2.92. The van der Waals surface area contributed by atoms with Crippen molar-refractivity contribution in [1.29, 1.82) is 0 Å². The number of hydrogen-bond acceptors (Lipinski definition) is 1. The van der Waals surface area contributed by atoms with Gasteiger partial charge in [0.25, 0.3) is 0 Å². The molecule has 1 saturated carbocycles. The van der Waals surface area contributed by atoms with Gasteiger partial charge in [-0.2, -0.15) is 0 Å². The summed E-state index contributed by atoms with van der Waals surface area (Å²) in [5.41, 5.74) is -0.451. The molecule has 1 N–H and O–H groups in total. The summed E-state index contributed by atoms with van der Waals surface area (Å²) >= 11 is 0. The van der Waals surface area contributed by atoms with Gasteiger partial charge in [-0.3, -0.25) is 4.79 Å². The third-order valence-corrected chi connectivity index (χ3v) is 3.48. The maximum absolute atomic E-state index is 11.0. The minimum Gasteiger partial charge on any atom is -0.481 e. The van der Waals surface area contributed by atoms with Gasteiger partial charge >= 0.3 is 5.97 Å². The van der Waals surface area contributed by atoms with Crippen molar-refractivity contribution in [2.75, 3.05) is 0 Å². The van der Waals surface area contributed by atoms with Crippen molar-refractivity contribution in [1.82, 2.24) is 0 Å². The highest BCUT2D eigenvalue weighted by molar-refractivity contribution is 5.74. The predicted molar refractivity (Wildman–Crippen MR) is 52.5 cm³/mol. The largest absolute Gasteiger partial charge is 0.481 e. The maximum Gasteiger partial charge on any atom is 0.309 e. The van der Waals surface area contributed by atoms with E-state index in [2.05, 4.69) is 13.8 Å². The zero-order chi connectivity index (χ0) is 10.1. The quantitative estimate of drug-likeness (QED) is 0.716. The number of hydrogen-bond donors (Lipinski definition) is 1. The highest BCUT2D eigenvalue weighted by atomic mass is 16.4. The molecule has 2 nitrogen and oxygen atoms in total. The average Bonchev–Trinajstić information content (AvgIpc) is 2.04. The van der Waals surface area contributed by atoms with E-state index in [1.807, 2.05) is 6.92 Å². The van der Waals surface area contributed by atoms with Gasteiger partial charge in [-0.1, -0.05) is 26.7 Å². The minimum atomic E-state index is -0.613. The molecule has 1 rings (SSSR count). The molecular weight excluding hydrogens is 164 g/mol. The molecule has 0 radical (unpaired) electrons. The Morgan fingerprint density at radius 1 is 1.54 bits per heavy atom. The van der Waals surface area contributed by atoms with Crippen molar-refractivity contribution < 1.29 is 9.90 Å². The standard InChI is InChI=1S/C11H20O2/c1-8(2)9-5-4-6-11(3,7-9)10(12)13/h8-9H,4-7H2,1-3H3,(H,12,13)/t9-,11-/m0/s1. The molecule has 0 aromatic carbocycles. The van der Waals surface area contributed by atoms with E-state index < -0.39 is 11.4 Å². The van der Waals surface area contributed by atoms with E-state index >= 15 is 0 Å². The fourth-order valence-electron chi connectivity index (χ4n) is 2.30. The lowest BCUT2D eigenvalue weighted by Crippen LogP contribution is -2.35. The van der Waals surface area contributed by atoms with Gasteiger partial charge in [0.1, 0.15) is 0 Å². The molecule has 1 aliphatic rings. The van der Waals surface area contributed by atoms with Gasteiger partial charge in [-0.15, -0.1) is 0 Å². The summed E-state index contributed by atoms with van der Waals surface area (Å²) in [6, 6.07) is 0. The Kier molecular flexibility index (Phi) is 2.99. The Balaban J connectivity index is 2.65. The van der Waals surface area contributed by atoms with Crippen molar-refractivity contribution in [2.24, 2.45) is 17.3 Å². The molecule has 1 fully saturated rings. The summed E-state index contributed by atoms with van der Waals surface area (Å²) < 4.78 is 0. The molecule has 76 valence electrons. The first-order valence-corrected chi connectivity index (χ1v) is 5.19. The van der Waals surface area contributed by atoms with Crippen LogP contribution in [0.2, 0.25) is 0 Å². The summed E-state index contributed by atoms with van der Waals surface area (Å²) in [5, 5.41) is 9.10. The molecule has 0 saturated heterocycles. The molecule has 0 amide bonds. The summed E-state index contributed by atoms with van der Waals surface area (Å²) in [5.74, 6) is 0.617. The van der Waals surface area contributed by atoms with Crippen LogP contribution in [0, 0.1) is 17.3 Å². The van der Waals surface area contributed by atoms with E-state index in [1.54, 1.807) is 0 Å². The Morgan fingerprint density at radius 3 is 2.62 bits per heavy atom. The van der Waals surface area contributed by atoms with Gasteiger partial charge < -0.3 is 5.11 Å². The van der Waals surface area contributed by atoms with Crippen LogP contribution in [0.15, 0.2) is 0 Å². The van der Waals surface area contributed by atoms with E-state index in [9.17, 15) is 4.79 Å². The number of carbonyl (C=O) groups is 1. The second kappa shape index (κ2) is 3.69. The number of carboxylic acids is 1. The highest BCUT2D eigenvalue weighted by Crippen LogP contribution is 2.41. The van der Waals surface area contributed by atoms with Crippen LogP contribution in [0.1, 0.15) is 46.5 Å². The number of rotatable bonds is 2. The van der Waals surface area contributed by atoms with Crippen LogP contribution < -0.4 is 0 Å². The fraction of sp³-hybridized carbons (Fsp3) is 0.909. The minimum absolute atomic E-state index is 0.451. The van der Waals surface area contributed by atoms with Crippen molar-refractivity contribution >= 4 is 5.97 Å². The van der Waals surface area contributed by atoms with Gasteiger partial charge in [0.15, 0.2) is 0 Å². The van der Waals surface area contributed by atoms with E-state index in [0.717, 1.165) is 19.3 Å². The van der Waals surface area contributed by atoms with Crippen LogP contribution in [0.3, 0.4) is 0 Å². The van der Waals surface area contributed by atoms with Gasteiger partial charge in [0.2, 0.25) is 0 Å². The van der Waals surface area contributed by atoms with Crippen molar-refractivity contribution in [2.45, 2.75) is 46.5 Å². The normalized spacial score (nSPS) is 34.9. The lowest BCUT2D eigenvalue weighted by molar-refractivity contribution is -0.151. The molecule has 1 aliphatic carbocycles. The van der Waals surface area contributed by atoms with Crippen molar-refractivity contribution in [3.05, 3.63) is 0 Å². The van der Waals surface area contributed by atoms with Crippen LogP contribution in [-0.4, -0.2) is 11.1 Å². The Labute approximate surface area is 80.3 Å². The zero-order valence-corrected chi connectivity index (χ0v) is 8.84. The van der Waals surface area contributed by atoms with Gasteiger partial charge in [-0.05, 0) is 31.6 Å². The van der Waals surface area contributed by atoms with E-state index in [4.69, 9.17) is 5.11 Å². The van der Waals surface area contributed by atoms with Crippen molar-refractivity contribution in [3.63, 3.8) is 0 Å². The Hall–Kier alpha value is -0.530. The molecule has 0 bridgehead atoms. The monoisotopic (exact) mass is 184 g/mol. The van der Waals surface area contributed by atoms with Crippen LogP contribution in [0.4, 0.5) is 0 Å². The highest BCUT2D eigenvalue weighted by Gasteiger charge is 2.39. The van der Waals surface area contributed by atoms with Gasteiger partial charge in [0.05, 0.1) is 5.41 Å². The summed E-state index contributed by atoms with van der Waals surface area (Å²) in [6.07, 6.45) is 4.00. The molecule has 0 aliphatic heterocycles. The van der Waals surface area contributed by atoms with Gasteiger partial charge in [0, 0.05) is 0 Å². The Morgan fingerprint density at radius 2 is 2.15 bits per heavy atom. The third kappa shape index (κ3) is 2.23. The molecule has 13 heavy (non-hydrogen) atoms. The number of carboxylic acid groups (broad SMARTS) is 1. The van der Waals surface area contributed by atoms with Crippen LogP contribution >= 0.6 is 0 Å². The third-order valence-electron chi connectivity index (χ3n) is 3.48. The second-order valence-corrected chi connectivity index (χ2v) is 4.97. The smallest absolute Gasteiger partial charge is 0.309 e. The topological polar surface area (TPSA) is 37.3 Å². The SMILES string of the molecule is CC(C)[C@H]1CCC[C@](C)(C(=O)O)C1. The maximum atomic E-state index is 11.0. The van der Waals surface area contributed by atoms with E-state index in [0.29, 0.717) is 11.8 Å². The van der Waals surface area contributed by atoms with E-state index in [1.165, 1.54) is 6.42 Å². The molecular formula is C11H20O2. The lowest BCUT2D eigenvalue weighted by Gasteiger charge is -2.36. The lowest BCUT2D eigenvalue weighted by atomic mass is 9.68. The zero-order valence-electron chi connectivity index (χ0n) is 8.84. The van der Waals surface area contributed by atoms with Gasteiger partial charge in [-0.25, -0.2) is 0 Å². The fourth-order valence-corrected chi connectivity index (χ4v) is 2.30. The van der Waals surface area contributed by atoms with Crippen molar-refractivity contribution in [3.8, 4) is 0 Å². The molecule has 0 aromatic rings. The molecule has 2 atom stereocenters. The number of aliphatic carboxylic acids is 1. The summed E-state index contributed by atoms with van der Waals surface area (Å²) in [7, 11) is 0. The van der Waals surface area contributed by atoms with Crippen LogP contribution in [0.5, 0.6) is 0 Å². The molecule has 2 heteroatoms. The Bertz CT molecular complexity index is 198. The first-order valence-electron chi connectivity index (χ1n) is 5.19. The first kappa shape index (κ1) is 10.6. The second-order valence-electron chi connectivity index (χ2n) is 4.97. The molecule has 0 aromatic heterocycles. The van der Waals surface area contributed by atoms with E-state index in [-0.39, 0.29) is 0 Å². The molecule has 0 heterocycles. The summed E-state index contributed by atoms with van der Waals surface area (Å²) in [4.78, 5) is 11.0. The summed E-state index contributed by atoms with van der Waals surface area (Å²) in [6.45, 7) is 6.28. The molecule has 0 unspecified atom stereocenters. The van der Waals surface area contributed by atoms with Crippen LogP contribution in [0.25, 0.3) is 0 Å².